The van der Waals surface area contributed by atoms with Crippen molar-refractivity contribution in [3.63, 3.8) is 0 Å². The summed E-state index contributed by atoms with van der Waals surface area (Å²) < 4.78 is 38.8. The highest BCUT2D eigenvalue weighted by Gasteiger charge is 2.26. The molecule has 1 aromatic carbocycles. The van der Waals surface area contributed by atoms with E-state index in [0.29, 0.717) is 4.47 Å². The Bertz CT molecular complexity index is 738. The topological polar surface area (TPSA) is 90.9 Å². The summed E-state index contributed by atoms with van der Waals surface area (Å²) in [4.78, 5) is 0. The first kappa shape index (κ1) is 15.1. The first-order chi connectivity index (χ1) is 9.23. The Labute approximate surface area is 124 Å². The fourth-order valence-corrected chi connectivity index (χ4v) is 3.06. The third-order valence-corrected chi connectivity index (χ3v) is 4.07. The fourth-order valence-electron chi connectivity index (χ4n) is 1.82. The van der Waals surface area contributed by atoms with Crippen LogP contribution in [0.1, 0.15) is 19.9 Å². The van der Waals surface area contributed by atoms with Gasteiger partial charge in [-0.3, -0.25) is 4.57 Å². The SMILES string of the molecule is CC(C)n1c(-c2c(F)cccc2Br)nnc1S(N)(=O)=O. The molecule has 0 aliphatic carbocycles. The number of aromatic nitrogens is 3. The van der Waals surface area contributed by atoms with Crippen LogP contribution in [0.4, 0.5) is 4.39 Å². The number of nitrogens with zero attached hydrogens (tertiary/aromatic N) is 3. The van der Waals surface area contributed by atoms with Gasteiger partial charge in [-0.05, 0) is 41.9 Å². The Morgan fingerprint density at radius 3 is 2.50 bits per heavy atom. The standard InChI is InChI=1S/C11H12BrFN4O2S/c1-6(2)17-10(15-16-11(17)20(14,18)19)9-7(12)4-3-5-8(9)13/h3-6H,1-2H3,(H2,14,18,19). The summed E-state index contributed by atoms with van der Waals surface area (Å²) in [6.45, 7) is 3.46. The van der Waals surface area contributed by atoms with E-state index in [4.69, 9.17) is 5.14 Å². The first-order valence-corrected chi connectivity index (χ1v) is 7.99. The summed E-state index contributed by atoms with van der Waals surface area (Å²) in [5, 5.41) is 12.1. The summed E-state index contributed by atoms with van der Waals surface area (Å²) in [6, 6.07) is 4.11. The molecule has 0 aliphatic rings. The highest BCUT2D eigenvalue weighted by Crippen LogP contribution is 2.32. The molecule has 0 unspecified atom stereocenters. The van der Waals surface area contributed by atoms with Crippen LogP contribution < -0.4 is 5.14 Å². The maximum Gasteiger partial charge on any atom is 0.273 e. The number of benzene rings is 1. The zero-order chi connectivity index (χ0) is 15.1. The molecule has 0 saturated heterocycles. The van der Waals surface area contributed by atoms with Crippen molar-refractivity contribution in [1.29, 1.82) is 0 Å². The molecule has 0 fully saturated rings. The van der Waals surface area contributed by atoms with Crippen LogP contribution in [0.15, 0.2) is 27.8 Å². The van der Waals surface area contributed by atoms with Gasteiger partial charge in [0.25, 0.3) is 15.2 Å². The number of rotatable bonds is 3. The van der Waals surface area contributed by atoms with Crippen LogP contribution in [0.25, 0.3) is 11.4 Å². The molecule has 0 spiro atoms. The average Bonchev–Trinajstić information content (AvgIpc) is 2.73. The Balaban J connectivity index is 2.80. The van der Waals surface area contributed by atoms with E-state index in [-0.39, 0.29) is 17.4 Å². The van der Waals surface area contributed by atoms with Gasteiger partial charge >= 0.3 is 0 Å². The van der Waals surface area contributed by atoms with Crippen LogP contribution in [-0.4, -0.2) is 23.2 Å². The maximum atomic E-state index is 14.0. The lowest BCUT2D eigenvalue weighted by Gasteiger charge is -2.14. The van der Waals surface area contributed by atoms with Crippen molar-refractivity contribution < 1.29 is 12.8 Å². The number of nitrogens with two attached hydrogens (primary N) is 1. The van der Waals surface area contributed by atoms with Gasteiger partial charge in [-0.1, -0.05) is 6.07 Å². The predicted octanol–water partition coefficient (Wildman–Crippen LogP) is 2.07. The lowest BCUT2D eigenvalue weighted by Crippen LogP contribution is -2.20. The van der Waals surface area contributed by atoms with Gasteiger partial charge in [-0.15, -0.1) is 10.2 Å². The number of hydrogen-bond acceptors (Lipinski definition) is 4. The minimum atomic E-state index is -4.04. The van der Waals surface area contributed by atoms with Crippen molar-refractivity contribution in [3.05, 3.63) is 28.5 Å². The summed E-state index contributed by atoms with van der Waals surface area (Å²) in [5.74, 6) is -0.427. The molecule has 2 rings (SSSR count). The van der Waals surface area contributed by atoms with E-state index < -0.39 is 21.0 Å². The minimum absolute atomic E-state index is 0.106. The van der Waals surface area contributed by atoms with Gasteiger partial charge in [-0.2, -0.15) is 0 Å². The van der Waals surface area contributed by atoms with Crippen molar-refractivity contribution in [3.8, 4) is 11.4 Å². The monoisotopic (exact) mass is 362 g/mol. The fraction of sp³-hybridized carbons (Fsp3) is 0.273. The quantitative estimate of drug-likeness (QED) is 0.904. The third kappa shape index (κ3) is 2.60. The first-order valence-electron chi connectivity index (χ1n) is 5.65. The molecule has 108 valence electrons. The van der Waals surface area contributed by atoms with Gasteiger partial charge < -0.3 is 0 Å². The average molecular weight is 363 g/mol. The molecule has 0 aliphatic heterocycles. The third-order valence-electron chi connectivity index (χ3n) is 2.62. The summed E-state index contributed by atoms with van der Waals surface area (Å²) >= 11 is 3.23. The summed E-state index contributed by atoms with van der Waals surface area (Å²) in [6.07, 6.45) is 0. The number of primary sulfonamides is 1. The molecule has 1 heterocycles. The molecule has 0 bridgehead atoms. The van der Waals surface area contributed by atoms with Crippen molar-refractivity contribution in [2.24, 2.45) is 5.14 Å². The molecular weight excluding hydrogens is 351 g/mol. The number of hydrogen-bond donors (Lipinski definition) is 1. The van der Waals surface area contributed by atoms with E-state index in [9.17, 15) is 12.8 Å². The van der Waals surface area contributed by atoms with Crippen LogP contribution >= 0.6 is 15.9 Å². The van der Waals surface area contributed by atoms with Crippen molar-refractivity contribution in [2.75, 3.05) is 0 Å². The molecule has 1 aromatic heterocycles. The van der Waals surface area contributed by atoms with E-state index >= 15 is 0 Å². The van der Waals surface area contributed by atoms with Crippen LogP contribution in [-0.2, 0) is 10.0 Å². The van der Waals surface area contributed by atoms with E-state index in [1.807, 2.05) is 0 Å². The van der Waals surface area contributed by atoms with Crippen LogP contribution in [0.3, 0.4) is 0 Å². The molecule has 9 heteroatoms. The molecule has 0 atom stereocenters. The molecular formula is C11H12BrFN4O2S. The number of halogens is 2. The molecule has 0 radical (unpaired) electrons. The smallest absolute Gasteiger partial charge is 0.273 e. The lowest BCUT2D eigenvalue weighted by atomic mass is 10.2. The van der Waals surface area contributed by atoms with Crippen LogP contribution in [0, 0.1) is 5.82 Å². The Morgan fingerprint density at radius 2 is 2.00 bits per heavy atom. The van der Waals surface area contributed by atoms with Gasteiger partial charge in [0, 0.05) is 10.5 Å². The van der Waals surface area contributed by atoms with E-state index in [2.05, 4.69) is 26.1 Å². The Hall–Kier alpha value is -1.32. The van der Waals surface area contributed by atoms with E-state index in [1.165, 1.54) is 16.7 Å². The van der Waals surface area contributed by atoms with Gasteiger partial charge in [0.05, 0.1) is 5.56 Å². The zero-order valence-electron chi connectivity index (χ0n) is 10.7. The second-order valence-electron chi connectivity index (χ2n) is 4.41. The second-order valence-corrected chi connectivity index (χ2v) is 6.72. The molecule has 0 amide bonds. The Morgan fingerprint density at radius 1 is 1.35 bits per heavy atom. The molecule has 20 heavy (non-hydrogen) atoms. The largest absolute Gasteiger partial charge is 0.294 e. The summed E-state index contributed by atoms with van der Waals surface area (Å²) in [7, 11) is -4.04. The zero-order valence-corrected chi connectivity index (χ0v) is 13.1. The van der Waals surface area contributed by atoms with Crippen LogP contribution in [0.5, 0.6) is 0 Å². The van der Waals surface area contributed by atoms with E-state index in [1.54, 1.807) is 19.9 Å². The highest BCUT2D eigenvalue weighted by molar-refractivity contribution is 9.10. The van der Waals surface area contributed by atoms with Crippen LogP contribution in [0.2, 0.25) is 0 Å². The Kier molecular flexibility index (Phi) is 3.94. The highest BCUT2D eigenvalue weighted by atomic mass is 79.9. The minimum Gasteiger partial charge on any atom is -0.294 e. The molecule has 0 saturated carbocycles. The van der Waals surface area contributed by atoms with Crippen molar-refractivity contribution in [1.82, 2.24) is 14.8 Å². The normalized spacial score (nSPS) is 12.1. The van der Waals surface area contributed by atoms with Gasteiger partial charge in [-0.25, -0.2) is 17.9 Å². The predicted molar refractivity (Wildman–Crippen MR) is 74.9 cm³/mol. The second kappa shape index (κ2) is 5.23. The molecule has 2 N–H and O–H groups in total. The molecule has 2 aromatic rings. The van der Waals surface area contributed by atoms with Gasteiger partial charge in [0.1, 0.15) is 5.82 Å². The molecule has 6 nitrogen and oxygen atoms in total. The lowest BCUT2D eigenvalue weighted by molar-refractivity contribution is 0.523. The van der Waals surface area contributed by atoms with Gasteiger partial charge in [0.15, 0.2) is 5.82 Å². The van der Waals surface area contributed by atoms with Crippen molar-refractivity contribution in [2.45, 2.75) is 25.0 Å². The number of sulfonamides is 1. The van der Waals surface area contributed by atoms with E-state index in [0.717, 1.165) is 0 Å². The maximum absolute atomic E-state index is 14.0. The summed E-state index contributed by atoms with van der Waals surface area (Å²) in [5.41, 5.74) is 0.142. The van der Waals surface area contributed by atoms with Gasteiger partial charge in [0.2, 0.25) is 0 Å². The van der Waals surface area contributed by atoms with Crippen molar-refractivity contribution >= 4 is 26.0 Å².